The van der Waals surface area contributed by atoms with E-state index < -0.39 is 26.1 Å². The smallest absolute Gasteiger partial charge is 0.233 e. The Morgan fingerprint density at radius 1 is 1.28 bits per heavy atom. The van der Waals surface area contributed by atoms with Gasteiger partial charge in [-0.25, -0.2) is 17.2 Å². The molecule has 0 saturated carbocycles. The fourth-order valence-corrected chi connectivity index (χ4v) is 3.26. The van der Waals surface area contributed by atoms with Crippen molar-refractivity contribution in [2.24, 2.45) is 5.41 Å². The van der Waals surface area contributed by atoms with Gasteiger partial charge in [-0.3, -0.25) is 0 Å². The van der Waals surface area contributed by atoms with Gasteiger partial charge in [-0.2, -0.15) is 0 Å². The number of hydrogen-bond acceptors (Lipinski definition) is 3. The summed E-state index contributed by atoms with van der Waals surface area (Å²) in [5.74, 6) is -2.13. The molecule has 0 aliphatic heterocycles. The van der Waals surface area contributed by atoms with Crippen LogP contribution in [-0.2, 0) is 9.05 Å². The average molecular weight is 299 g/mol. The summed E-state index contributed by atoms with van der Waals surface area (Å²) in [4.78, 5) is 0. The Labute approximate surface area is 109 Å². The molecule has 1 rings (SSSR count). The summed E-state index contributed by atoms with van der Waals surface area (Å²) in [5.41, 5.74) is -0.731. The lowest BCUT2D eigenvalue weighted by molar-refractivity contribution is 0.199. The lowest BCUT2D eigenvalue weighted by Gasteiger charge is -2.22. The molecule has 0 fully saturated rings. The summed E-state index contributed by atoms with van der Waals surface area (Å²) < 4.78 is 52.7. The molecule has 3 nitrogen and oxygen atoms in total. The standard InChI is InChI=1S/C11H13ClF2O3S/c1-11(2,7-18(12,15)16)6-17-8-3-4-9(13)10(14)5-8/h3-5H,6-7H2,1-2H3. The van der Waals surface area contributed by atoms with Crippen molar-refractivity contribution in [3.63, 3.8) is 0 Å². The van der Waals surface area contributed by atoms with Crippen LogP contribution in [0.2, 0.25) is 0 Å². The highest BCUT2D eigenvalue weighted by Crippen LogP contribution is 2.23. The average Bonchev–Trinajstić information content (AvgIpc) is 2.16. The van der Waals surface area contributed by atoms with E-state index in [1.807, 2.05) is 0 Å². The lowest BCUT2D eigenvalue weighted by Crippen LogP contribution is -2.28. The largest absolute Gasteiger partial charge is 0.493 e. The zero-order chi connectivity index (χ0) is 14.0. The van der Waals surface area contributed by atoms with Crippen LogP contribution < -0.4 is 4.74 Å². The number of ether oxygens (including phenoxy) is 1. The van der Waals surface area contributed by atoms with Crippen LogP contribution in [0.3, 0.4) is 0 Å². The Balaban J connectivity index is 2.67. The minimum absolute atomic E-state index is 0.0179. The molecule has 0 spiro atoms. The molecule has 0 aromatic heterocycles. The summed E-state index contributed by atoms with van der Waals surface area (Å²) in [6.07, 6.45) is 0. The van der Waals surface area contributed by atoms with Gasteiger partial charge < -0.3 is 4.74 Å². The maximum absolute atomic E-state index is 12.9. The molecule has 0 N–H and O–H groups in total. The normalized spacial score (nSPS) is 12.5. The van der Waals surface area contributed by atoms with Crippen LogP contribution >= 0.6 is 10.7 Å². The van der Waals surface area contributed by atoms with E-state index in [1.165, 1.54) is 6.07 Å². The zero-order valence-electron chi connectivity index (χ0n) is 9.91. The van der Waals surface area contributed by atoms with E-state index >= 15 is 0 Å². The third-order valence-corrected chi connectivity index (χ3v) is 3.54. The van der Waals surface area contributed by atoms with Crippen LogP contribution in [0.15, 0.2) is 18.2 Å². The highest BCUT2D eigenvalue weighted by molar-refractivity contribution is 8.13. The maximum atomic E-state index is 12.9. The summed E-state index contributed by atoms with van der Waals surface area (Å²) in [5, 5.41) is 0. The molecular formula is C11H13ClF2O3S. The second-order valence-corrected chi connectivity index (χ2v) is 7.49. The maximum Gasteiger partial charge on any atom is 0.233 e. The van der Waals surface area contributed by atoms with Gasteiger partial charge in [0, 0.05) is 22.2 Å². The van der Waals surface area contributed by atoms with Gasteiger partial charge in [0.1, 0.15) is 5.75 Å². The van der Waals surface area contributed by atoms with Crippen LogP contribution in [0.5, 0.6) is 5.75 Å². The summed E-state index contributed by atoms with van der Waals surface area (Å²) in [6.45, 7) is 3.31. The van der Waals surface area contributed by atoms with Gasteiger partial charge in [0.2, 0.25) is 9.05 Å². The fraction of sp³-hybridized carbons (Fsp3) is 0.455. The molecule has 0 amide bonds. The van der Waals surface area contributed by atoms with Crippen molar-refractivity contribution in [2.75, 3.05) is 12.4 Å². The second-order valence-electron chi connectivity index (χ2n) is 4.71. The Morgan fingerprint density at radius 3 is 2.39 bits per heavy atom. The first kappa shape index (κ1) is 15.2. The molecule has 18 heavy (non-hydrogen) atoms. The first-order valence-electron chi connectivity index (χ1n) is 5.09. The number of hydrogen-bond donors (Lipinski definition) is 0. The minimum atomic E-state index is -3.64. The van der Waals surface area contributed by atoms with Gasteiger partial charge in [-0.05, 0) is 12.1 Å². The van der Waals surface area contributed by atoms with Crippen molar-refractivity contribution in [2.45, 2.75) is 13.8 Å². The number of benzene rings is 1. The van der Waals surface area contributed by atoms with Gasteiger partial charge >= 0.3 is 0 Å². The zero-order valence-corrected chi connectivity index (χ0v) is 11.5. The van der Waals surface area contributed by atoms with Crippen molar-refractivity contribution in [1.29, 1.82) is 0 Å². The van der Waals surface area contributed by atoms with Crippen molar-refractivity contribution < 1.29 is 21.9 Å². The molecule has 0 aliphatic carbocycles. The fourth-order valence-electron chi connectivity index (χ4n) is 1.35. The SMILES string of the molecule is CC(C)(COc1ccc(F)c(F)c1)CS(=O)(=O)Cl. The van der Waals surface area contributed by atoms with E-state index in [0.717, 1.165) is 12.1 Å². The first-order valence-corrected chi connectivity index (χ1v) is 7.57. The molecule has 0 saturated heterocycles. The molecule has 1 aromatic carbocycles. The van der Waals surface area contributed by atoms with Crippen molar-refractivity contribution in [3.05, 3.63) is 29.8 Å². The molecule has 0 radical (unpaired) electrons. The quantitative estimate of drug-likeness (QED) is 0.785. The third-order valence-electron chi connectivity index (χ3n) is 2.08. The highest BCUT2D eigenvalue weighted by atomic mass is 35.7. The molecule has 0 unspecified atom stereocenters. The van der Waals surface area contributed by atoms with Gasteiger partial charge in [0.05, 0.1) is 12.4 Å². The van der Waals surface area contributed by atoms with E-state index in [4.69, 9.17) is 15.4 Å². The van der Waals surface area contributed by atoms with Crippen molar-refractivity contribution >= 4 is 19.7 Å². The van der Waals surface area contributed by atoms with E-state index in [2.05, 4.69) is 0 Å². The van der Waals surface area contributed by atoms with E-state index in [9.17, 15) is 17.2 Å². The summed E-state index contributed by atoms with van der Waals surface area (Å²) in [7, 11) is 1.51. The van der Waals surface area contributed by atoms with Crippen LogP contribution in [0.25, 0.3) is 0 Å². The molecule has 1 aromatic rings. The van der Waals surface area contributed by atoms with Crippen LogP contribution in [0.4, 0.5) is 8.78 Å². The highest BCUT2D eigenvalue weighted by Gasteiger charge is 2.26. The van der Waals surface area contributed by atoms with Gasteiger partial charge in [0.15, 0.2) is 11.6 Å². The molecule has 0 bridgehead atoms. The van der Waals surface area contributed by atoms with E-state index in [-0.39, 0.29) is 18.1 Å². The molecule has 0 heterocycles. The van der Waals surface area contributed by atoms with Crippen LogP contribution in [-0.4, -0.2) is 20.8 Å². The summed E-state index contributed by atoms with van der Waals surface area (Å²) >= 11 is 0. The van der Waals surface area contributed by atoms with Gasteiger partial charge in [-0.1, -0.05) is 13.8 Å². The van der Waals surface area contributed by atoms with Crippen LogP contribution in [0.1, 0.15) is 13.8 Å². The summed E-state index contributed by atoms with van der Waals surface area (Å²) in [6, 6.07) is 3.11. The molecule has 0 atom stereocenters. The first-order chi connectivity index (χ1) is 8.09. The van der Waals surface area contributed by atoms with Crippen LogP contribution in [0, 0.1) is 17.0 Å². The Kier molecular flexibility index (Phi) is 4.55. The minimum Gasteiger partial charge on any atom is -0.493 e. The van der Waals surface area contributed by atoms with Crippen molar-refractivity contribution in [3.8, 4) is 5.75 Å². The molecular weight excluding hydrogens is 286 g/mol. The van der Waals surface area contributed by atoms with Gasteiger partial charge in [-0.15, -0.1) is 0 Å². The third kappa shape index (κ3) is 5.18. The predicted octanol–water partition coefficient (Wildman–Crippen LogP) is 2.94. The van der Waals surface area contributed by atoms with E-state index in [1.54, 1.807) is 13.8 Å². The molecule has 0 aliphatic rings. The second kappa shape index (κ2) is 5.40. The molecule has 102 valence electrons. The number of rotatable bonds is 5. The Bertz CT molecular complexity index is 529. The van der Waals surface area contributed by atoms with Crippen molar-refractivity contribution in [1.82, 2.24) is 0 Å². The van der Waals surface area contributed by atoms with Gasteiger partial charge in [0.25, 0.3) is 0 Å². The Hall–Kier alpha value is -0.880. The monoisotopic (exact) mass is 298 g/mol. The topological polar surface area (TPSA) is 43.4 Å². The lowest BCUT2D eigenvalue weighted by atomic mass is 9.98. The Morgan fingerprint density at radius 2 is 1.89 bits per heavy atom. The predicted molar refractivity (Wildman–Crippen MR) is 65.3 cm³/mol. The molecule has 7 heteroatoms. The number of halogens is 3. The van der Waals surface area contributed by atoms with E-state index in [0.29, 0.717) is 0 Å².